The summed E-state index contributed by atoms with van der Waals surface area (Å²) < 4.78 is 15.9. The molecule has 1 aliphatic rings. The first kappa shape index (κ1) is 17.1. The lowest BCUT2D eigenvalue weighted by Crippen LogP contribution is -2.62. The normalized spacial score (nSPS) is 19.4. The number of hydrogen-bond donors (Lipinski definition) is 1. The molecular formula is C19H22N2O4. The fourth-order valence-electron chi connectivity index (χ4n) is 3.14. The molecule has 0 unspecified atom stereocenters. The van der Waals surface area contributed by atoms with Crippen molar-refractivity contribution in [2.45, 2.75) is 18.6 Å². The van der Waals surface area contributed by atoms with Crippen LogP contribution in [0.15, 0.2) is 42.5 Å². The Balaban J connectivity index is 1.84. The third kappa shape index (κ3) is 3.13. The maximum Gasteiger partial charge on any atom is 0.242 e. The highest BCUT2D eigenvalue weighted by Gasteiger charge is 2.45. The molecule has 1 fully saturated rings. The van der Waals surface area contributed by atoms with Gasteiger partial charge in [0.1, 0.15) is 11.8 Å². The van der Waals surface area contributed by atoms with Gasteiger partial charge in [-0.05, 0) is 35.4 Å². The van der Waals surface area contributed by atoms with E-state index in [2.05, 4.69) is 0 Å². The van der Waals surface area contributed by atoms with Crippen LogP contribution in [0.3, 0.4) is 0 Å². The Morgan fingerprint density at radius 1 is 1.00 bits per heavy atom. The standard InChI is InChI=1S/C19H22N2O4/c1-23-14-6-4-5-13(10-14)18-17(20)19(22)21(18)11-12-7-8-15(24-2)16(9-12)25-3/h4-10,17-18H,11,20H2,1-3H3/t17-,18-/m1/s1. The predicted molar refractivity (Wildman–Crippen MR) is 93.8 cm³/mol. The SMILES string of the molecule is COc1cccc([C@@H]2[C@@H](N)C(=O)N2Cc2ccc(OC)c(OC)c2)c1. The Morgan fingerprint density at radius 3 is 2.44 bits per heavy atom. The lowest BCUT2D eigenvalue weighted by Gasteiger charge is -2.46. The summed E-state index contributed by atoms with van der Waals surface area (Å²) in [6, 6.07) is 12.6. The largest absolute Gasteiger partial charge is 0.497 e. The second kappa shape index (κ2) is 7.03. The van der Waals surface area contributed by atoms with E-state index in [0.29, 0.717) is 18.0 Å². The van der Waals surface area contributed by atoms with Crippen LogP contribution in [0.2, 0.25) is 0 Å². The molecule has 1 heterocycles. The minimum absolute atomic E-state index is 0.0670. The minimum Gasteiger partial charge on any atom is -0.497 e. The van der Waals surface area contributed by atoms with Gasteiger partial charge in [0.25, 0.3) is 0 Å². The van der Waals surface area contributed by atoms with Crippen molar-refractivity contribution in [2.24, 2.45) is 5.73 Å². The van der Waals surface area contributed by atoms with Gasteiger partial charge in [0.15, 0.2) is 11.5 Å². The summed E-state index contributed by atoms with van der Waals surface area (Å²) in [5, 5.41) is 0. The van der Waals surface area contributed by atoms with E-state index in [9.17, 15) is 4.79 Å². The average Bonchev–Trinajstić information content (AvgIpc) is 2.67. The highest BCUT2D eigenvalue weighted by atomic mass is 16.5. The molecule has 3 rings (SSSR count). The summed E-state index contributed by atoms with van der Waals surface area (Å²) in [6.45, 7) is 0.453. The first-order valence-corrected chi connectivity index (χ1v) is 8.00. The molecule has 0 saturated carbocycles. The molecule has 2 aromatic rings. The molecule has 2 aromatic carbocycles. The average molecular weight is 342 g/mol. The van der Waals surface area contributed by atoms with Crippen LogP contribution in [0, 0.1) is 0 Å². The molecule has 1 aliphatic heterocycles. The summed E-state index contributed by atoms with van der Waals surface area (Å²) in [4.78, 5) is 14.1. The fraction of sp³-hybridized carbons (Fsp3) is 0.316. The van der Waals surface area contributed by atoms with Crippen molar-refractivity contribution in [1.29, 1.82) is 0 Å². The molecule has 0 aliphatic carbocycles. The predicted octanol–water partition coefficient (Wildman–Crippen LogP) is 2.12. The van der Waals surface area contributed by atoms with Crippen molar-refractivity contribution < 1.29 is 19.0 Å². The van der Waals surface area contributed by atoms with Crippen molar-refractivity contribution in [3.63, 3.8) is 0 Å². The van der Waals surface area contributed by atoms with Crippen LogP contribution in [0.1, 0.15) is 17.2 Å². The summed E-state index contributed by atoms with van der Waals surface area (Å²) in [6.07, 6.45) is 0. The Morgan fingerprint density at radius 2 is 1.76 bits per heavy atom. The molecule has 2 atom stereocenters. The Hall–Kier alpha value is -2.73. The molecule has 0 radical (unpaired) electrons. The van der Waals surface area contributed by atoms with Gasteiger partial charge in [-0.25, -0.2) is 0 Å². The second-order valence-corrected chi connectivity index (χ2v) is 5.90. The number of likely N-dealkylation sites (tertiary alicyclic amines) is 1. The third-order valence-corrected chi connectivity index (χ3v) is 4.48. The number of nitrogens with zero attached hydrogens (tertiary/aromatic N) is 1. The van der Waals surface area contributed by atoms with Crippen LogP contribution < -0.4 is 19.9 Å². The number of carbonyl (C=O) groups excluding carboxylic acids is 1. The fourth-order valence-corrected chi connectivity index (χ4v) is 3.14. The van der Waals surface area contributed by atoms with E-state index in [1.807, 2.05) is 42.5 Å². The van der Waals surface area contributed by atoms with Crippen LogP contribution in [0.25, 0.3) is 0 Å². The number of hydrogen-bond acceptors (Lipinski definition) is 5. The van der Waals surface area contributed by atoms with Gasteiger partial charge in [-0.3, -0.25) is 4.79 Å². The highest BCUT2D eigenvalue weighted by molar-refractivity contribution is 5.89. The number of amides is 1. The molecule has 1 saturated heterocycles. The van der Waals surface area contributed by atoms with Gasteiger partial charge < -0.3 is 24.8 Å². The smallest absolute Gasteiger partial charge is 0.242 e. The van der Waals surface area contributed by atoms with Crippen molar-refractivity contribution in [3.8, 4) is 17.2 Å². The molecule has 6 nitrogen and oxygen atoms in total. The van der Waals surface area contributed by atoms with Gasteiger partial charge in [0.2, 0.25) is 5.91 Å². The molecule has 0 bridgehead atoms. The van der Waals surface area contributed by atoms with E-state index in [-0.39, 0.29) is 11.9 Å². The summed E-state index contributed by atoms with van der Waals surface area (Å²) >= 11 is 0. The Labute approximate surface area is 147 Å². The summed E-state index contributed by atoms with van der Waals surface area (Å²) in [5.74, 6) is 1.97. The van der Waals surface area contributed by atoms with Crippen LogP contribution in [-0.2, 0) is 11.3 Å². The second-order valence-electron chi connectivity index (χ2n) is 5.90. The van der Waals surface area contributed by atoms with Crippen LogP contribution in [-0.4, -0.2) is 38.2 Å². The third-order valence-electron chi connectivity index (χ3n) is 4.48. The number of β-lactam (4-membered cyclic amide) rings is 1. The maximum atomic E-state index is 12.3. The Bertz CT molecular complexity index is 778. The van der Waals surface area contributed by atoms with E-state index in [4.69, 9.17) is 19.9 Å². The molecule has 6 heteroatoms. The van der Waals surface area contributed by atoms with E-state index in [1.54, 1.807) is 26.2 Å². The molecule has 2 N–H and O–H groups in total. The summed E-state index contributed by atoms with van der Waals surface area (Å²) in [7, 11) is 4.80. The van der Waals surface area contributed by atoms with E-state index < -0.39 is 6.04 Å². The first-order valence-electron chi connectivity index (χ1n) is 8.00. The van der Waals surface area contributed by atoms with Crippen molar-refractivity contribution >= 4 is 5.91 Å². The van der Waals surface area contributed by atoms with Gasteiger partial charge in [-0.2, -0.15) is 0 Å². The zero-order valence-electron chi connectivity index (χ0n) is 14.6. The van der Waals surface area contributed by atoms with Gasteiger partial charge in [-0.15, -0.1) is 0 Å². The van der Waals surface area contributed by atoms with Crippen LogP contribution >= 0.6 is 0 Å². The minimum atomic E-state index is -0.535. The van der Waals surface area contributed by atoms with Crippen molar-refractivity contribution in [2.75, 3.05) is 21.3 Å². The van der Waals surface area contributed by atoms with Crippen LogP contribution in [0.4, 0.5) is 0 Å². The van der Waals surface area contributed by atoms with Gasteiger partial charge in [-0.1, -0.05) is 18.2 Å². The van der Waals surface area contributed by atoms with Crippen LogP contribution in [0.5, 0.6) is 17.2 Å². The van der Waals surface area contributed by atoms with Crippen molar-refractivity contribution in [1.82, 2.24) is 4.90 Å². The monoisotopic (exact) mass is 342 g/mol. The van der Waals surface area contributed by atoms with Gasteiger partial charge in [0.05, 0.1) is 27.4 Å². The molecule has 0 aromatic heterocycles. The molecule has 0 spiro atoms. The quantitative estimate of drug-likeness (QED) is 0.814. The van der Waals surface area contributed by atoms with E-state index >= 15 is 0 Å². The maximum absolute atomic E-state index is 12.3. The van der Waals surface area contributed by atoms with Gasteiger partial charge in [0, 0.05) is 6.54 Å². The van der Waals surface area contributed by atoms with Gasteiger partial charge >= 0.3 is 0 Å². The van der Waals surface area contributed by atoms with E-state index in [1.165, 1.54) is 0 Å². The number of rotatable bonds is 6. The topological polar surface area (TPSA) is 74.0 Å². The lowest BCUT2D eigenvalue weighted by molar-refractivity contribution is -0.150. The molecule has 1 amide bonds. The Kier molecular flexibility index (Phi) is 4.81. The zero-order valence-corrected chi connectivity index (χ0v) is 14.6. The number of carbonyl (C=O) groups is 1. The van der Waals surface area contributed by atoms with Crippen molar-refractivity contribution in [3.05, 3.63) is 53.6 Å². The lowest BCUT2D eigenvalue weighted by atomic mass is 9.88. The number of methoxy groups -OCH3 is 3. The molecule has 25 heavy (non-hydrogen) atoms. The number of ether oxygens (including phenoxy) is 3. The molecular weight excluding hydrogens is 320 g/mol. The number of nitrogens with two attached hydrogens (primary N) is 1. The highest BCUT2D eigenvalue weighted by Crippen LogP contribution is 2.37. The first-order chi connectivity index (χ1) is 12.1. The number of benzene rings is 2. The van der Waals surface area contributed by atoms with E-state index in [0.717, 1.165) is 16.9 Å². The summed E-state index contributed by atoms with van der Waals surface area (Å²) in [5.41, 5.74) is 7.97. The zero-order chi connectivity index (χ0) is 18.0. The molecule has 132 valence electrons.